The fraction of sp³-hybridized carbons (Fsp3) is 0.654. The number of methoxy groups -OCH3 is 1. The van der Waals surface area contributed by atoms with Crippen molar-refractivity contribution in [2.75, 3.05) is 40.0 Å². The van der Waals surface area contributed by atoms with Crippen LogP contribution in [0, 0.1) is 5.92 Å². The minimum atomic E-state index is 0.355. The molecule has 1 N–H and O–H groups in total. The molecule has 0 amide bonds. The molecule has 1 fully saturated rings. The molecule has 5 nitrogen and oxygen atoms in total. The van der Waals surface area contributed by atoms with Crippen molar-refractivity contribution in [3.63, 3.8) is 0 Å². The van der Waals surface area contributed by atoms with E-state index in [1.807, 2.05) is 12.1 Å². The molecule has 0 saturated carbocycles. The van der Waals surface area contributed by atoms with E-state index in [4.69, 9.17) is 14.5 Å². The minimum Gasteiger partial charge on any atom is -0.496 e. The lowest BCUT2D eigenvalue weighted by molar-refractivity contribution is 0.130. The maximum Gasteiger partial charge on any atom is 0.130 e. The van der Waals surface area contributed by atoms with Crippen LogP contribution in [0.1, 0.15) is 64.0 Å². The van der Waals surface area contributed by atoms with Gasteiger partial charge in [0, 0.05) is 23.8 Å². The van der Waals surface area contributed by atoms with E-state index in [1.54, 1.807) is 7.11 Å². The van der Waals surface area contributed by atoms with Gasteiger partial charge in [-0.1, -0.05) is 26.2 Å². The summed E-state index contributed by atoms with van der Waals surface area (Å²) in [7, 11) is 1.72. The number of aromatic nitrogens is 1. The molecule has 5 heteroatoms. The van der Waals surface area contributed by atoms with Gasteiger partial charge in [0.1, 0.15) is 11.5 Å². The molecule has 0 spiro atoms. The largest absolute Gasteiger partial charge is 0.496 e. The number of likely N-dealkylation sites (tertiary alicyclic amines) is 1. The molecule has 1 aromatic heterocycles. The Morgan fingerprint density at radius 3 is 2.61 bits per heavy atom. The van der Waals surface area contributed by atoms with Gasteiger partial charge in [0.05, 0.1) is 19.2 Å². The Hall–Kier alpha value is -1.85. The maximum atomic E-state index is 9.23. The van der Waals surface area contributed by atoms with Gasteiger partial charge in [0.2, 0.25) is 0 Å². The van der Waals surface area contributed by atoms with E-state index in [1.165, 1.54) is 25.8 Å². The average Bonchev–Trinajstić information content (AvgIpc) is 2.82. The number of unbranched alkanes of at least 4 members (excludes halogenated alkanes) is 4. The van der Waals surface area contributed by atoms with Crippen LogP contribution in [0.3, 0.4) is 0 Å². The number of fused-ring (bicyclic) bond motifs is 1. The van der Waals surface area contributed by atoms with Gasteiger partial charge in [-0.2, -0.15) is 0 Å². The minimum absolute atomic E-state index is 0.355. The van der Waals surface area contributed by atoms with Crippen molar-refractivity contribution in [1.82, 2.24) is 9.88 Å². The SMILES string of the molecule is CCCCc1cc(OC)c2cc(OCCCCCCN3CCC(CO)CC3)ccc2n1. The third-order valence-electron chi connectivity index (χ3n) is 6.40. The van der Waals surface area contributed by atoms with Crippen LogP contribution < -0.4 is 9.47 Å². The Balaban J connectivity index is 1.38. The first-order valence-electron chi connectivity index (χ1n) is 12.2. The molecule has 0 atom stereocenters. The van der Waals surface area contributed by atoms with Gasteiger partial charge in [0.15, 0.2) is 0 Å². The Bertz CT molecular complexity index is 788. The molecule has 1 aliphatic heterocycles. The summed E-state index contributed by atoms with van der Waals surface area (Å²) in [6, 6.07) is 8.19. The lowest BCUT2D eigenvalue weighted by atomic mass is 9.98. The molecule has 31 heavy (non-hydrogen) atoms. The molecular weight excluding hydrogens is 388 g/mol. The number of aliphatic hydroxyl groups excluding tert-OH is 1. The molecule has 172 valence electrons. The maximum absolute atomic E-state index is 9.23. The molecule has 0 radical (unpaired) electrons. The highest BCUT2D eigenvalue weighted by Crippen LogP contribution is 2.29. The number of hydrogen-bond acceptors (Lipinski definition) is 5. The Labute approximate surface area is 187 Å². The van der Waals surface area contributed by atoms with Gasteiger partial charge in [-0.25, -0.2) is 0 Å². The van der Waals surface area contributed by atoms with Crippen LogP contribution in [0.15, 0.2) is 24.3 Å². The van der Waals surface area contributed by atoms with Crippen molar-refractivity contribution in [3.05, 3.63) is 30.0 Å². The third-order valence-corrected chi connectivity index (χ3v) is 6.40. The Morgan fingerprint density at radius 1 is 1.06 bits per heavy atom. The van der Waals surface area contributed by atoms with Gasteiger partial charge >= 0.3 is 0 Å². The standard InChI is InChI=1S/C26H40N2O3/c1-3-4-9-22-18-26(30-2)24-19-23(10-11-25(24)27-22)31-17-8-6-5-7-14-28-15-12-21(20-29)13-16-28/h10-11,18-19,21,29H,3-9,12-17,20H2,1-2H3. The smallest absolute Gasteiger partial charge is 0.130 e. The van der Waals surface area contributed by atoms with Gasteiger partial charge in [-0.15, -0.1) is 0 Å². The highest BCUT2D eigenvalue weighted by molar-refractivity contribution is 5.86. The molecule has 2 heterocycles. The zero-order chi connectivity index (χ0) is 21.9. The highest BCUT2D eigenvalue weighted by Gasteiger charge is 2.17. The molecule has 3 rings (SSSR count). The van der Waals surface area contributed by atoms with Crippen molar-refractivity contribution in [3.8, 4) is 11.5 Å². The first kappa shape index (κ1) is 23.8. The topological polar surface area (TPSA) is 54.8 Å². The fourth-order valence-corrected chi connectivity index (χ4v) is 4.34. The third kappa shape index (κ3) is 7.36. The van der Waals surface area contributed by atoms with E-state index in [9.17, 15) is 5.11 Å². The molecule has 1 aromatic carbocycles. The molecule has 2 aromatic rings. The van der Waals surface area contributed by atoms with Crippen LogP contribution in [-0.2, 0) is 6.42 Å². The molecule has 0 bridgehead atoms. The van der Waals surface area contributed by atoms with Gasteiger partial charge in [-0.05, 0) is 82.3 Å². The number of hydrogen-bond donors (Lipinski definition) is 1. The normalized spacial score (nSPS) is 15.5. The van der Waals surface area contributed by atoms with E-state index in [-0.39, 0.29) is 0 Å². The molecule has 0 aliphatic carbocycles. The quantitative estimate of drug-likeness (QED) is 0.443. The van der Waals surface area contributed by atoms with E-state index < -0.39 is 0 Å². The fourth-order valence-electron chi connectivity index (χ4n) is 4.34. The molecule has 0 unspecified atom stereocenters. The summed E-state index contributed by atoms with van der Waals surface area (Å²) < 4.78 is 11.6. The predicted molar refractivity (Wildman–Crippen MR) is 127 cm³/mol. The zero-order valence-corrected chi connectivity index (χ0v) is 19.4. The average molecular weight is 429 g/mol. The van der Waals surface area contributed by atoms with Crippen LogP contribution in [0.5, 0.6) is 11.5 Å². The second-order valence-electron chi connectivity index (χ2n) is 8.83. The zero-order valence-electron chi connectivity index (χ0n) is 19.4. The Morgan fingerprint density at radius 2 is 1.87 bits per heavy atom. The van der Waals surface area contributed by atoms with E-state index in [0.717, 1.165) is 86.3 Å². The van der Waals surface area contributed by atoms with Crippen LogP contribution in [0.2, 0.25) is 0 Å². The highest BCUT2D eigenvalue weighted by atomic mass is 16.5. The van der Waals surface area contributed by atoms with Crippen molar-refractivity contribution in [1.29, 1.82) is 0 Å². The van der Waals surface area contributed by atoms with Crippen molar-refractivity contribution >= 4 is 10.9 Å². The molecule has 1 aliphatic rings. The summed E-state index contributed by atoms with van der Waals surface area (Å²) in [6.45, 7) is 6.79. The summed E-state index contributed by atoms with van der Waals surface area (Å²) in [5, 5.41) is 10.3. The first-order chi connectivity index (χ1) is 15.2. The number of piperidine rings is 1. The van der Waals surface area contributed by atoms with Crippen LogP contribution in [0.4, 0.5) is 0 Å². The summed E-state index contributed by atoms with van der Waals surface area (Å²) >= 11 is 0. The predicted octanol–water partition coefficient (Wildman–Crippen LogP) is 5.23. The van der Waals surface area contributed by atoms with Crippen LogP contribution in [0.25, 0.3) is 10.9 Å². The number of aliphatic hydroxyl groups is 1. The Kier molecular flexibility index (Phi) is 9.88. The van der Waals surface area contributed by atoms with Crippen LogP contribution >= 0.6 is 0 Å². The van der Waals surface area contributed by atoms with E-state index in [2.05, 4.69) is 24.0 Å². The second kappa shape index (κ2) is 12.9. The van der Waals surface area contributed by atoms with Crippen molar-refractivity contribution in [2.45, 2.75) is 64.7 Å². The second-order valence-corrected chi connectivity index (χ2v) is 8.83. The van der Waals surface area contributed by atoms with E-state index in [0.29, 0.717) is 12.5 Å². The molecular formula is C26H40N2O3. The number of pyridine rings is 1. The summed E-state index contributed by atoms with van der Waals surface area (Å²) in [5.41, 5.74) is 2.07. The summed E-state index contributed by atoms with van der Waals surface area (Å²) in [6.07, 6.45) is 10.4. The van der Waals surface area contributed by atoms with Gasteiger partial charge in [0.25, 0.3) is 0 Å². The molecule has 1 saturated heterocycles. The number of aryl methyl sites for hydroxylation is 1. The monoisotopic (exact) mass is 428 g/mol. The lowest BCUT2D eigenvalue weighted by Gasteiger charge is -2.30. The van der Waals surface area contributed by atoms with E-state index >= 15 is 0 Å². The van der Waals surface area contributed by atoms with Gasteiger partial charge < -0.3 is 19.5 Å². The van der Waals surface area contributed by atoms with Crippen LogP contribution in [-0.4, -0.2) is 54.9 Å². The number of nitrogens with zero attached hydrogens (tertiary/aromatic N) is 2. The summed E-state index contributed by atoms with van der Waals surface area (Å²) in [5.74, 6) is 2.30. The lowest BCUT2D eigenvalue weighted by Crippen LogP contribution is -2.35. The number of rotatable bonds is 13. The number of ether oxygens (including phenoxy) is 2. The first-order valence-corrected chi connectivity index (χ1v) is 12.2. The summed E-state index contributed by atoms with van der Waals surface area (Å²) in [4.78, 5) is 7.34. The number of benzene rings is 1. The van der Waals surface area contributed by atoms with Crippen molar-refractivity contribution < 1.29 is 14.6 Å². The van der Waals surface area contributed by atoms with Gasteiger partial charge in [-0.3, -0.25) is 4.98 Å². The van der Waals surface area contributed by atoms with Crippen molar-refractivity contribution in [2.24, 2.45) is 5.92 Å².